The fraction of sp³-hybridized carbons (Fsp3) is 0.423. The van der Waals surface area contributed by atoms with Crippen LogP contribution in [0, 0.1) is 11.8 Å². The normalized spacial score (nSPS) is 21.8. The topological polar surface area (TPSA) is 81.7 Å². The van der Waals surface area contributed by atoms with Crippen LogP contribution in [0.4, 0.5) is 0 Å². The van der Waals surface area contributed by atoms with E-state index in [0.29, 0.717) is 13.0 Å². The largest absolute Gasteiger partial charge is 0.469 e. The van der Waals surface area contributed by atoms with Crippen molar-refractivity contribution < 1.29 is 23.9 Å². The maximum atomic E-state index is 13.3. The van der Waals surface area contributed by atoms with Gasteiger partial charge in [-0.25, -0.2) is 0 Å². The van der Waals surface area contributed by atoms with Crippen LogP contribution in [0.15, 0.2) is 60.7 Å². The van der Waals surface area contributed by atoms with Crippen molar-refractivity contribution in [3.8, 4) is 0 Å². The van der Waals surface area contributed by atoms with Crippen LogP contribution in [-0.2, 0) is 23.9 Å². The molecule has 170 valence electrons. The first-order valence-corrected chi connectivity index (χ1v) is 11.1. The number of hydrogen-bond donors (Lipinski definition) is 1. The lowest BCUT2D eigenvalue weighted by Crippen LogP contribution is -2.54. The highest BCUT2D eigenvalue weighted by Gasteiger charge is 2.58. The van der Waals surface area contributed by atoms with Gasteiger partial charge in [-0.05, 0) is 24.0 Å². The molecule has 0 saturated heterocycles. The maximum absolute atomic E-state index is 13.3. The molecule has 0 heterocycles. The van der Waals surface area contributed by atoms with E-state index in [9.17, 15) is 14.4 Å². The number of methoxy groups -OCH3 is 2. The molecule has 1 amide bonds. The van der Waals surface area contributed by atoms with Crippen LogP contribution in [-0.4, -0.2) is 38.6 Å². The van der Waals surface area contributed by atoms with Crippen LogP contribution in [0.3, 0.4) is 0 Å². The van der Waals surface area contributed by atoms with E-state index in [1.807, 2.05) is 60.7 Å². The van der Waals surface area contributed by atoms with Crippen LogP contribution in [0.25, 0.3) is 0 Å². The van der Waals surface area contributed by atoms with Crippen molar-refractivity contribution >= 4 is 17.8 Å². The molecule has 3 rings (SSSR count). The molecular formula is C26H31NO5. The Morgan fingerprint density at radius 2 is 1.31 bits per heavy atom. The van der Waals surface area contributed by atoms with E-state index in [0.717, 1.165) is 30.4 Å². The second-order valence-corrected chi connectivity index (χ2v) is 8.13. The number of nitrogens with one attached hydrogen (secondary N) is 1. The van der Waals surface area contributed by atoms with Crippen LogP contribution in [0.2, 0.25) is 0 Å². The molecule has 1 aliphatic rings. The SMILES string of the molecule is COC(=O)CCCCCNC(=O)C1[C@@H](c2ccccc2)C(C(=O)OC)[C@H]1c1ccccc1. The van der Waals surface area contributed by atoms with Crippen LogP contribution >= 0.6 is 0 Å². The summed E-state index contributed by atoms with van der Waals surface area (Å²) in [6.45, 7) is 0.530. The Morgan fingerprint density at radius 3 is 1.81 bits per heavy atom. The zero-order chi connectivity index (χ0) is 22.9. The molecule has 1 N–H and O–H groups in total. The third-order valence-electron chi connectivity index (χ3n) is 6.28. The number of amides is 1. The standard InChI is InChI=1S/C26H31NO5/c1-31-20(28)16-10-5-11-17-27-25(29)23-21(18-12-6-3-7-13-18)24(26(30)32-2)22(23)19-14-8-4-9-15-19/h3-4,6-9,12-15,21-24H,5,10-11,16-17H2,1-2H3,(H,27,29)/t21-,22+,23?,24?. The number of benzene rings is 2. The minimum absolute atomic E-state index is 0.0548. The molecule has 6 heteroatoms. The second kappa shape index (κ2) is 11.5. The van der Waals surface area contributed by atoms with E-state index >= 15 is 0 Å². The summed E-state index contributed by atoms with van der Waals surface area (Å²) in [4.78, 5) is 37.3. The number of carbonyl (C=O) groups is 3. The van der Waals surface area contributed by atoms with Crippen molar-refractivity contribution in [1.82, 2.24) is 5.32 Å². The Kier molecular flexibility index (Phi) is 8.42. The number of carbonyl (C=O) groups excluding carboxylic acids is 3. The summed E-state index contributed by atoms with van der Waals surface area (Å²) in [5, 5.41) is 3.06. The van der Waals surface area contributed by atoms with E-state index in [1.54, 1.807) is 0 Å². The molecule has 1 aliphatic carbocycles. The third-order valence-corrected chi connectivity index (χ3v) is 6.28. The van der Waals surface area contributed by atoms with Gasteiger partial charge in [0.15, 0.2) is 0 Å². The fourth-order valence-electron chi connectivity index (χ4n) is 4.69. The highest BCUT2D eigenvalue weighted by atomic mass is 16.5. The quantitative estimate of drug-likeness (QED) is 0.451. The summed E-state index contributed by atoms with van der Waals surface area (Å²) >= 11 is 0. The van der Waals surface area contributed by atoms with Gasteiger partial charge in [-0.1, -0.05) is 67.1 Å². The Morgan fingerprint density at radius 1 is 0.750 bits per heavy atom. The van der Waals surface area contributed by atoms with Crippen molar-refractivity contribution in [2.24, 2.45) is 11.8 Å². The van der Waals surface area contributed by atoms with Gasteiger partial charge in [-0.2, -0.15) is 0 Å². The first-order valence-electron chi connectivity index (χ1n) is 11.1. The zero-order valence-corrected chi connectivity index (χ0v) is 18.7. The molecule has 0 aromatic heterocycles. The van der Waals surface area contributed by atoms with Crippen LogP contribution in [0.1, 0.15) is 48.6 Å². The Bertz CT molecular complexity index is 851. The fourth-order valence-corrected chi connectivity index (χ4v) is 4.69. The van der Waals surface area contributed by atoms with Crippen molar-refractivity contribution in [3.05, 3.63) is 71.8 Å². The molecule has 4 atom stereocenters. The van der Waals surface area contributed by atoms with Gasteiger partial charge in [0.05, 0.1) is 26.1 Å². The smallest absolute Gasteiger partial charge is 0.309 e. The Balaban J connectivity index is 1.74. The van der Waals surface area contributed by atoms with Gasteiger partial charge in [-0.15, -0.1) is 0 Å². The number of rotatable bonds is 10. The van der Waals surface area contributed by atoms with Crippen LogP contribution in [0.5, 0.6) is 0 Å². The molecule has 6 nitrogen and oxygen atoms in total. The summed E-state index contributed by atoms with van der Waals surface area (Å²) in [6, 6.07) is 19.4. The van der Waals surface area contributed by atoms with Gasteiger partial charge in [0.25, 0.3) is 0 Å². The second-order valence-electron chi connectivity index (χ2n) is 8.13. The Hall–Kier alpha value is -3.15. The number of ether oxygens (including phenoxy) is 2. The lowest BCUT2D eigenvalue weighted by molar-refractivity contribution is -0.156. The van der Waals surface area contributed by atoms with Crippen molar-refractivity contribution in [2.75, 3.05) is 20.8 Å². The van der Waals surface area contributed by atoms with E-state index in [2.05, 4.69) is 10.1 Å². The summed E-state index contributed by atoms with van der Waals surface area (Å²) in [7, 11) is 2.78. The third kappa shape index (κ3) is 5.36. The van der Waals surface area contributed by atoms with Crippen molar-refractivity contribution in [2.45, 2.75) is 37.5 Å². The Labute approximate surface area is 189 Å². The number of unbranched alkanes of at least 4 members (excludes halogenated alkanes) is 2. The first kappa shape index (κ1) is 23.5. The van der Waals surface area contributed by atoms with Crippen LogP contribution < -0.4 is 5.32 Å². The van der Waals surface area contributed by atoms with Gasteiger partial charge >= 0.3 is 11.9 Å². The monoisotopic (exact) mass is 437 g/mol. The van der Waals surface area contributed by atoms with E-state index in [4.69, 9.17) is 4.74 Å². The van der Waals surface area contributed by atoms with Gasteiger partial charge in [0, 0.05) is 24.8 Å². The predicted octanol–water partition coefficient (Wildman–Crippen LogP) is 3.82. The van der Waals surface area contributed by atoms with Gasteiger partial charge in [0.1, 0.15) is 0 Å². The van der Waals surface area contributed by atoms with Crippen molar-refractivity contribution in [1.29, 1.82) is 0 Å². The molecule has 0 aliphatic heterocycles. The molecule has 2 aromatic rings. The predicted molar refractivity (Wildman–Crippen MR) is 121 cm³/mol. The van der Waals surface area contributed by atoms with E-state index in [1.165, 1.54) is 14.2 Å². The highest BCUT2D eigenvalue weighted by Crippen LogP contribution is 2.57. The molecule has 1 saturated carbocycles. The average molecular weight is 438 g/mol. The van der Waals surface area contributed by atoms with Gasteiger partial charge in [-0.3, -0.25) is 14.4 Å². The van der Waals surface area contributed by atoms with Gasteiger partial charge < -0.3 is 14.8 Å². The van der Waals surface area contributed by atoms with E-state index in [-0.39, 0.29) is 35.6 Å². The highest BCUT2D eigenvalue weighted by molar-refractivity contribution is 5.88. The summed E-state index contributed by atoms with van der Waals surface area (Å²) in [5.41, 5.74) is 1.93. The molecule has 2 aromatic carbocycles. The molecule has 0 spiro atoms. The molecule has 32 heavy (non-hydrogen) atoms. The van der Waals surface area contributed by atoms with Crippen molar-refractivity contribution in [3.63, 3.8) is 0 Å². The maximum Gasteiger partial charge on any atom is 0.309 e. The number of esters is 2. The molecule has 0 radical (unpaired) electrons. The lowest BCUT2D eigenvalue weighted by atomic mass is 9.52. The molecular weight excluding hydrogens is 406 g/mol. The summed E-state index contributed by atoms with van der Waals surface area (Å²) in [5.74, 6) is -1.82. The summed E-state index contributed by atoms with van der Waals surface area (Å²) in [6.07, 6.45) is 2.73. The van der Waals surface area contributed by atoms with Gasteiger partial charge in [0.2, 0.25) is 5.91 Å². The van der Waals surface area contributed by atoms with E-state index < -0.39 is 5.92 Å². The zero-order valence-electron chi connectivity index (χ0n) is 18.7. The minimum atomic E-state index is -0.416. The minimum Gasteiger partial charge on any atom is -0.469 e. The lowest BCUT2D eigenvalue weighted by Gasteiger charge is -2.50. The summed E-state index contributed by atoms with van der Waals surface area (Å²) < 4.78 is 9.78. The molecule has 1 fully saturated rings. The first-order chi connectivity index (χ1) is 15.6. The average Bonchev–Trinajstić information content (AvgIpc) is 2.81. The molecule has 0 bridgehead atoms. The molecule has 2 unspecified atom stereocenters. The number of hydrogen-bond acceptors (Lipinski definition) is 5.